The summed E-state index contributed by atoms with van der Waals surface area (Å²) in [5.41, 5.74) is 0. The molecule has 2 rings (SSSR count). The van der Waals surface area contributed by atoms with E-state index in [2.05, 4.69) is 17.6 Å². The Morgan fingerprint density at radius 3 is 2.57 bits per heavy atom. The minimum Gasteiger partial charge on any atom is -0.379 e. The average molecular weight is 297 g/mol. The van der Waals surface area contributed by atoms with Crippen molar-refractivity contribution in [1.29, 1.82) is 0 Å². The molecule has 0 aliphatic carbocycles. The summed E-state index contributed by atoms with van der Waals surface area (Å²) in [5.74, 6) is 0.242. The number of piperidine rings is 1. The van der Waals surface area contributed by atoms with E-state index in [1.165, 1.54) is 0 Å². The molecule has 2 amide bonds. The van der Waals surface area contributed by atoms with Crippen molar-refractivity contribution < 1.29 is 14.3 Å². The van der Waals surface area contributed by atoms with Crippen LogP contribution in [0.25, 0.3) is 0 Å². The van der Waals surface area contributed by atoms with E-state index in [0.717, 1.165) is 25.8 Å². The van der Waals surface area contributed by atoms with Gasteiger partial charge in [-0.25, -0.2) is 0 Å². The van der Waals surface area contributed by atoms with Gasteiger partial charge in [-0.1, -0.05) is 6.92 Å². The van der Waals surface area contributed by atoms with Crippen LogP contribution in [0.15, 0.2) is 0 Å². The second kappa shape index (κ2) is 7.75. The molecule has 0 radical (unpaired) electrons. The lowest BCUT2D eigenvalue weighted by atomic mass is 9.94. The molecule has 2 aliphatic rings. The monoisotopic (exact) mass is 297 g/mol. The first kappa shape index (κ1) is 16.2. The maximum absolute atomic E-state index is 12.6. The van der Waals surface area contributed by atoms with E-state index in [9.17, 15) is 9.59 Å². The van der Waals surface area contributed by atoms with Crippen LogP contribution in [0.3, 0.4) is 0 Å². The number of nitrogens with zero attached hydrogens (tertiary/aromatic N) is 1. The lowest BCUT2D eigenvalue weighted by molar-refractivity contribution is -0.139. The number of carbonyl (C=O) groups is 2. The lowest BCUT2D eigenvalue weighted by Gasteiger charge is -2.33. The SMILES string of the molecule is CCCNC1COCC1C(=O)N1CCC(C(=O)NC)CC1. The van der Waals surface area contributed by atoms with Crippen LogP contribution in [-0.2, 0) is 14.3 Å². The molecule has 2 aliphatic heterocycles. The highest BCUT2D eigenvalue weighted by Gasteiger charge is 2.37. The minimum atomic E-state index is -0.0758. The molecule has 2 unspecified atom stereocenters. The molecule has 2 saturated heterocycles. The Kier molecular flexibility index (Phi) is 5.99. The third kappa shape index (κ3) is 3.95. The van der Waals surface area contributed by atoms with E-state index < -0.39 is 0 Å². The average Bonchev–Trinajstić information content (AvgIpc) is 3.00. The van der Waals surface area contributed by atoms with Crippen molar-refractivity contribution in [2.24, 2.45) is 11.8 Å². The van der Waals surface area contributed by atoms with Gasteiger partial charge in [-0.3, -0.25) is 9.59 Å². The minimum absolute atomic E-state index is 0.0490. The van der Waals surface area contributed by atoms with Gasteiger partial charge in [-0.15, -0.1) is 0 Å². The van der Waals surface area contributed by atoms with Gasteiger partial charge in [0.15, 0.2) is 0 Å². The topological polar surface area (TPSA) is 70.7 Å². The summed E-state index contributed by atoms with van der Waals surface area (Å²) in [4.78, 5) is 26.2. The summed E-state index contributed by atoms with van der Waals surface area (Å²) in [6.45, 7) is 5.50. The molecule has 0 aromatic rings. The molecule has 2 heterocycles. The number of carbonyl (C=O) groups excluding carboxylic acids is 2. The molecule has 0 aromatic heterocycles. The van der Waals surface area contributed by atoms with E-state index in [1.807, 2.05) is 4.90 Å². The van der Waals surface area contributed by atoms with Crippen molar-refractivity contribution in [3.63, 3.8) is 0 Å². The predicted molar refractivity (Wildman–Crippen MR) is 79.8 cm³/mol. The third-order valence-corrected chi connectivity index (χ3v) is 4.48. The zero-order chi connectivity index (χ0) is 15.2. The number of amides is 2. The maximum Gasteiger partial charge on any atom is 0.229 e. The highest BCUT2D eigenvalue weighted by Crippen LogP contribution is 2.22. The molecular weight excluding hydrogens is 270 g/mol. The van der Waals surface area contributed by atoms with Crippen molar-refractivity contribution in [3.05, 3.63) is 0 Å². The Morgan fingerprint density at radius 1 is 1.24 bits per heavy atom. The van der Waals surface area contributed by atoms with E-state index in [-0.39, 0.29) is 29.7 Å². The van der Waals surface area contributed by atoms with E-state index >= 15 is 0 Å². The Hall–Kier alpha value is -1.14. The van der Waals surface area contributed by atoms with E-state index in [4.69, 9.17) is 4.74 Å². The summed E-state index contributed by atoms with van der Waals surface area (Å²) < 4.78 is 5.48. The molecule has 2 N–H and O–H groups in total. The predicted octanol–water partition coefficient (Wildman–Crippen LogP) is -0.0144. The number of ether oxygens (including phenoxy) is 1. The smallest absolute Gasteiger partial charge is 0.229 e. The molecule has 6 heteroatoms. The Bertz CT molecular complexity index is 367. The third-order valence-electron chi connectivity index (χ3n) is 4.48. The Labute approximate surface area is 126 Å². The first-order valence-corrected chi connectivity index (χ1v) is 7.98. The van der Waals surface area contributed by atoms with Crippen LogP contribution in [0.4, 0.5) is 0 Å². The van der Waals surface area contributed by atoms with Crippen molar-refractivity contribution in [1.82, 2.24) is 15.5 Å². The summed E-state index contributed by atoms with van der Waals surface area (Å²) in [6, 6.07) is 0.133. The van der Waals surface area contributed by atoms with Gasteiger partial charge in [0.05, 0.1) is 19.1 Å². The second-order valence-corrected chi connectivity index (χ2v) is 5.92. The van der Waals surface area contributed by atoms with Crippen LogP contribution in [0.1, 0.15) is 26.2 Å². The van der Waals surface area contributed by atoms with Gasteiger partial charge >= 0.3 is 0 Å². The van der Waals surface area contributed by atoms with Gasteiger partial charge in [0, 0.05) is 32.1 Å². The van der Waals surface area contributed by atoms with Gasteiger partial charge in [-0.05, 0) is 25.8 Å². The van der Waals surface area contributed by atoms with Crippen LogP contribution in [-0.4, -0.2) is 62.7 Å². The van der Waals surface area contributed by atoms with Gasteiger partial charge in [0.2, 0.25) is 11.8 Å². The molecule has 0 bridgehead atoms. The fourth-order valence-electron chi connectivity index (χ4n) is 3.13. The molecule has 2 fully saturated rings. The van der Waals surface area contributed by atoms with E-state index in [1.54, 1.807) is 7.05 Å². The quantitative estimate of drug-likeness (QED) is 0.748. The van der Waals surface area contributed by atoms with Crippen molar-refractivity contribution in [3.8, 4) is 0 Å². The maximum atomic E-state index is 12.6. The first-order valence-electron chi connectivity index (χ1n) is 7.98. The number of nitrogens with one attached hydrogen (secondary N) is 2. The molecule has 0 saturated carbocycles. The van der Waals surface area contributed by atoms with Gasteiger partial charge in [0.1, 0.15) is 0 Å². The van der Waals surface area contributed by atoms with Gasteiger partial charge in [0.25, 0.3) is 0 Å². The standard InChI is InChI=1S/C15H27N3O3/c1-3-6-17-13-10-21-9-12(13)15(20)18-7-4-11(5-8-18)14(19)16-2/h11-13,17H,3-10H2,1-2H3,(H,16,19). The van der Waals surface area contributed by atoms with Crippen LogP contribution < -0.4 is 10.6 Å². The zero-order valence-corrected chi connectivity index (χ0v) is 13.1. The van der Waals surface area contributed by atoms with E-state index in [0.29, 0.717) is 26.3 Å². The van der Waals surface area contributed by atoms with Gasteiger partial charge in [-0.2, -0.15) is 0 Å². The molecule has 2 atom stereocenters. The fourth-order valence-corrected chi connectivity index (χ4v) is 3.13. The molecule has 21 heavy (non-hydrogen) atoms. The summed E-state index contributed by atoms with van der Waals surface area (Å²) in [7, 11) is 1.67. The number of hydrogen-bond acceptors (Lipinski definition) is 4. The molecular formula is C15H27N3O3. The van der Waals surface area contributed by atoms with Crippen LogP contribution in [0.2, 0.25) is 0 Å². The van der Waals surface area contributed by atoms with Crippen molar-refractivity contribution in [2.45, 2.75) is 32.2 Å². The van der Waals surface area contributed by atoms with Crippen LogP contribution in [0, 0.1) is 11.8 Å². The van der Waals surface area contributed by atoms with Crippen molar-refractivity contribution >= 4 is 11.8 Å². The molecule has 6 nitrogen and oxygen atoms in total. The Balaban J connectivity index is 1.85. The summed E-state index contributed by atoms with van der Waals surface area (Å²) in [5, 5.41) is 6.09. The first-order chi connectivity index (χ1) is 10.2. The summed E-state index contributed by atoms with van der Waals surface area (Å²) in [6.07, 6.45) is 2.56. The number of hydrogen-bond donors (Lipinski definition) is 2. The fraction of sp³-hybridized carbons (Fsp3) is 0.867. The number of rotatable bonds is 5. The van der Waals surface area contributed by atoms with Crippen LogP contribution >= 0.6 is 0 Å². The highest BCUT2D eigenvalue weighted by atomic mass is 16.5. The Morgan fingerprint density at radius 2 is 1.95 bits per heavy atom. The normalized spacial score (nSPS) is 26.9. The zero-order valence-electron chi connectivity index (χ0n) is 13.1. The molecule has 0 aromatic carbocycles. The second-order valence-electron chi connectivity index (χ2n) is 5.92. The highest BCUT2D eigenvalue weighted by molar-refractivity contribution is 5.81. The molecule has 120 valence electrons. The lowest BCUT2D eigenvalue weighted by Crippen LogP contribution is -2.49. The van der Waals surface area contributed by atoms with Gasteiger partial charge < -0.3 is 20.3 Å². The molecule has 0 spiro atoms. The number of likely N-dealkylation sites (tertiary alicyclic amines) is 1. The van der Waals surface area contributed by atoms with Crippen molar-refractivity contribution in [2.75, 3.05) is 39.9 Å². The van der Waals surface area contributed by atoms with Crippen LogP contribution in [0.5, 0.6) is 0 Å². The summed E-state index contributed by atoms with van der Waals surface area (Å²) >= 11 is 0. The largest absolute Gasteiger partial charge is 0.379 e.